The van der Waals surface area contributed by atoms with Gasteiger partial charge in [0.1, 0.15) is 6.26 Å². The minimum atomic E-state index is -0.0407. The lowest BCUT2D eigenvalue weighted by Gasteiger charge is -2.02. The first kappa shape index (κ1) is 10.5. The van der Waals surface area contributed by atoms with Crippen molar-refractivity contribution in [1.82, 2.24) is 9.72 Å². The van der Waals surface area contributed by atoms with Crippen LogP contribution in [-0.4, -0.2) is 15.6 Å². The van der Waals surface area contributed by atoms with E-state index in [2.05, 4.69) is 15.0 Å². The fourth-order valence-electron chi connectivity index (χ4n) is 1.42. The number of aromatic nitrogens is 2. The monoisotopic (exact) mass is 219 g/mol. The molecule has 1 amide bonds. The van der Waals surface area contributed by atoms with Gasteiger partial charge in [-0.05, 0) is 18.6 Å². The van der Waals surface area contributed by atoms with E-state index in [1.54, 1.807) is 6.07 Å². The van der Waals surface area contributed by atoms with Gasteiger partial charge in [0.05, 0.1) is 0 Å². The maximum absolute atomic E-state index is 11.4. The summed E-state index contributed by atoms with van der Waals surface area (Å²) in [6.07, 6.45) is 6.67. The molecule has 0 unspecified atom stereocenters. The summed E-state index contributed by atoms with van der Waals surface area (Å²) >= 11 is 0. The van der Waals surface area contributed by atoms with Gasteiger partial charge in [-0.25, -0.2) is 0 Å². The fraction of sp³-hybridized carbons (Fsp3) is 0.273. The molecule has 2 rings (SSSR count). The molecule has 2 heterocycles. The lowest BCUT2D eigenvalue weighted by atomic mass is 10.3. The maximum Gasteiger partial charge on any atom is 0.225 e. The van der Waals surface area contributed by atoms with Gasteiger partial charge in [0.15, 0.2) is 5.82 Å². The highest BCUT2D eigenvalue weighted by molar-refractivity contribution is 5.89. The second-order valence-corrected chi connectivity index (χ2v) is 3.46. The molecule has 0 saturated heterocycles. The van der Waals surface area contributed by atoms with Crippen molar-refractivity contribution in [3.63, 3.8) is 0 Å². The summed E-state index contributed by atoms with van der Waals surface area (Å²) < 4.78 is 6.65. The number of aryl methyl sites for hydroxylation is 1. The van der Waals surface area contributed by atoms with Gasteiger partial charge in [0.25, 0.3) is 0 Å². The highest BCUT2D eigenvalue weighted by atomic mass is 16.5. The van der Waals surface area contributed by atoms with Crippen LogP contribution in [0.4, 0.5) is 5.82 Å². The van der Waals surface area contributed by atoms with E-state index in [4.69, 9.17) is 0 Å². The van der Waals surface area contributed by atoms with Crippen LogP contribution in [0.2, 0.25) is 0 Å². The Labute approximate surface area is 93.0 Å². The van der Waals surface area contributed by atoms with Crippen LogP contribution >= 0.6 is 0 Å². The molecule has 0 aromatic carbocycles. The van der Waals surface area contributed by atoms with Gasteiger partial charge >= 0.3 is 0 Å². The third-order valence-electron chi connectivity index (χ3n) is 2.19. The number of anilines is 1. The standard InChI is InChI=1S/C11H13N3O2/c15-11(12-10-5-9-16-13-10)4-3-8-14-6-1-2-7-14/h1-2,5-7,9H,3-4,8H2,(H,12,13,15). The molecule has 5 nitrogen and oxygen atoms in total. The van der Waals surface area contributed by atoms with Crippen molar-refractivity contribution in [3.8, 4) is 0 Å². The lowest BCUT2D eigenvalue weighted by molar-refractivity contribution is -0.116. The molecule has 0 aliphatic rings. The number of hydrogen-bond acceptors (Lipinski definition) is 3. The number of hydrogen-bond donors (Lipinski definition) is 1. The molecule has 1 N–H and O–H groups in total. The van der Waals surface area contributed by atoms with Gasteiger partial charge in [-0.15, -0.1) is 0 Å². The Morgan fingerprint density at radius 2 is 2.25 bits per heavy atom. The molecule has 0 bridgehead atoms. The van der Waals surface area contributed by atoms with Crippen LogP contribution in [-0.2, 0) is 11.3 Å². The van der Waals surface area contributed by atoms with E-state index < -0.39 is 0 Å². The van der Waals surface area contributed by atoms with Crippen molar-refractivity contribution in [2.24, 2.45) is 0 Å². The Hall–Kier alpha value is -2.04. The summed E-state index contributed by atoms with van der Waals surface area (Å²) in [5, 5.41) is 6.25. The first-order valence-corrected chi connectivity index (χ1v) is 5.15. The number of rotatable bonds is 5. The van der Waals surface area contributed by atoms with Gasteiger partial charge in [-0.3, -0.25) is 4.79 Å². The Morgan fingerprint density at radius 3 is 2.94 bits per heavy atom. The van der Waals surface area contributed by atoms with E-state index in [0.29, 0.717) is 12.2 Å². The van der Waals surface area contributed by atoms with Gasteiger partial charge in [-0.2, -0.15) is 0 Å². The summed E-state index contributed by atoms with van der Waals surface area (Å²) in [4.78, 5) is 11.4. The zero-order chi connectivity index (χ0) is 11.2. The summed E-state index contributed by atoms with van der Waals surface area (Å²) in [6, 6.07) is 5.55. The largest absolute Gasteiger partial charge is 0.363 e. The SMILES string of the molecule is O=C(CCCn1cccc1)Nc1ccon1. The van der Waals surface area contributed by atoms with Crippen LogP contribution in [0.5, 0.6) is 0 Å². The smallest absolute Gasteiger partial charge is 0.225 e. The Kier molecular flexibility index (Phi) is 3.38. The van der Waals surface area contributed by atoms with Crippen LogP contribution < -0.4 is 5.32 Å². The number of carbonyl (C=O) groups excluding carboxylic acids is 1. The predicted molar refractivity (Wildman–Crippen MR) is 58.8 cm³/mol. The molecule has 2 aromatic rings. The third-order valence-corrected chi connectivity index (χ3v) is 2.19. The van der Waals surface area contributed by atoms with Gasteiger partial charge in [0.2, 0.25) is 5.91 Å². The van der Waals surface area contributed by atoms with E-state index >= 15 is 0 Å². The average molecular weight is 219 g/mol. The lowest BCUT2D eigenvalue weighted by Crippen LogP contribution is -2.12. The molecular weight excluding hydrogens is 206 g/mol. The molecule has 0 atom stereocenters. The van der Waals surface area contributed by atoms with Gasteiger partial charge in [-0.1, -0.05) is 5.16 Å². The fourth-order valence-corrected chi connectivity index (χ4v) is 1.42. The number of nitrogens with zero attached hydrogens (tertiary/aromatic N) is 2. The van der Waals surface area contributed by atoms with Crippen LogP contribution in [0.25, 0.3) is 0 Å². The van der Waals surface area contributed by atoms with Crippen LogP contribution in [0, 0.1) is 0 Å². The van der Waals surface area contributed by atoms with Gasteiger partial charge in [0, 0.05) is 31.4 Å². The Bertz CT molecular complexity index is 420. The zero-order valence-electron chi connectivity index (χ0n) is 8.80. The van der Waals surface area contributed by atoms with Gasteiger partial charge < -0.3 is 14.4 Å². The Morgan fingerprint density at radius 1 is 1.44 bits per heavy atom. The molecule has 0 radical (unpaired) electrons. The van der Waals surface area contributed by atoms with Crippen molar-refractivity contribution < 1.29 is 9.32 Å². The molecular formula is C11H13N3O2. The van der Waals surface area contributed by atoms with E-state index in [-0.39, 0.29) is 5.91 Å². The minimum absolute atomic E-state index is 0.0407. The van der Waals surface area contributed by atoms with Crippen molar-refractivity contribution >= 4 is 11.7 Å². The normalized spacial score (nSPS) is 10.2. The molecule has 5 heteroatoms. The second kappa shape index (κ2) is 5.16. The quantitative estimate of drug-likeness (QED) is 0.835. The van der Waals surface area contributed by atoms with E-state index in [0.717, 1.165) is 13.0 Å². The minimum Gasteiger partial charge on any atom is -0.363 e. The van der Waals surface area contributed by atoms with Crippen LogP contribution in [0.1, 0.15) is 12.8 Å². The van der Waals surface area contributed by atoms with Crippen LogP contribution in [0.3, 0.4) is 0 Å². The van der Waals surface area contributed by atoms with Crippen molar-refractivity contribution in [2.75, 3.05) is 5.32 Å². The summed E-state index contributed by atoms with van der Waals surface area (Å²) in [5.41, 5.74) is 0. The number of carbonyl (C=O) groups is 1. The maximum atomic E-state index is 11.4. The van der Waals surface area contributed by atoms with E-state index in [1.165, 1.54) is 6.26 Å². The summed E-state index contributed by atoms with van der Waals surface area (Å²) in [6.45, 7) is 0.846. The molecule has 0 saturated carbocycles. The topological polar surface area (TPSA) is 60.1 Å². The van der Waals surface area contributed by atoms with E-state index in [9.17, 15) is 4.79 Å². The molecule has 84 valence electrons. The Balaban J connectivity index is 1.68. The van der Waals surface area contributed by atoms with E-state index in [1.807, 2.05) is 29.1 Å². The molecule has 0 spiro atoms. The second-order valence-electron chi connectivity index (χ2n) is 3.46. The highest BCUT2D eigenvalue weighted by Crippen LogP contribution is 2.03. The molecule has 0 aliphatic heterocycles. The van der Waals surface area contributed by atoms with Crippen molar-refractivity contribution in [3.05, 3.63) is 36.9 Å². The van der Waals surface area contributed by atoms with Crippen molar-refractivity contribution in [2.45, 2.75) is 19.4 Å². The highest BCUT2D eigenvalue weighted by Gasteiger charge is 2.03. The molecule has 0 aliphatic carbocycles. The first-order chi connectivity index (χ1) is 7.84. The molecule has 2 aromatic heterocycles. The summed E-state index contributed by atoms with van der Waals surface area (Å²) in [7, 11) is 0. The first-order valence-electron chi connectivity index (χ1n) is 5.15. The van der Waals surface area contributed by atoms with Crippen molar-refractivity contribution in [1.29, 1.82) is 0 Å². The molecule has 16 heavy (non-hydrogen) atoms. The zero-order valence-corrected chi connectivity index (χ0v) is 8.80. The van der Waals surface area contributed by atoms with Crippen LogP contribution in [0.15, 0.2) is 41.4 Å². The number of nitrogens with one attached hydrogen (secondary N) is 1. The average Bonchev–Trinajstić information content (AvgIpc) is 2.90. The summed E-state index contributed by atoms with van der Waals surface area (Å²) in [5.74, 6) is 0.423. The molecule has 0 fully saturated rings. The number of amides is 1. The predicted octanol–water partition coefficient (Wildman–Crippen LogP) is 1.89. The third kappa shape index (κ3) is 2.98.